The van der Waals surface area contributed by atoms with E-state index in [1.54, 1.807) is 37.4 Å². The summed E-state index contributed by atoms with van der Waals surface area (Å²) in [6, 6.07) is 12.4. The molecular formula is C19H16Cl2N2O3. The third-order valence-corrected chi connectivity index (χ3v) is 4.48. The average Bonchev–Trinajstić information content (AvgIpc) is 2.64. The van der Waals surface area contributed by atoms with Gasteiger partial charge in [0.05, 0.1) is 19.9 Å². The number of hydrogen-bond acceptors (Lipinski definition) is 4. The van der Waals surface area contributed by atoms with E-state index >= 15 is 0 Å². The van der Waals surface area contributed by atoms with Crippen LogP contribution in [0.15, 0.2) is 53.5 Å². The molecule has 0 fully saturated rings. The largest absolute Gasteiger partial charge is 0.497 e. The molecule has 2 aromatic carbocycles. The molecule has 0 radical (unpaired) electrons. The van der Waals surface area contributed by atoms with Gasteiger partial charge in [0, 0.05) is 5.02 Å². The number of ether oxygens (including phenoxy) is 2. The lowest BCUT2D eigenvalue weighted by Crippen LogP contribution is -2.24. The van der Waals surface area contributed by atoms with Gasteiger partial charge in [0.2, 0.25) is 5.75 Å². The van der Waals surface area contributed by atoms with E-state index in [0.29, 0.717) is 16.5 Å². The third-order valence-electron chi connectivity index (χ3n) is 3.79. The number of aryl methyl sites for hydroxylation is 1. The highest BCUT2D eigenvalue weighted by Crippen LogP contribution is 2.26. The lowest BCUT2D eigenvalue weighted by atomic mass is 10.1. The van der Waals surface area contributed by atoms with Crippen LogP contribution in [0, 0.1) is 6.92 Å². The van der Waals surface area contributed by atoms with Crippen LogP contribution in [0.4, 0.5) is 0 Å². The van der Waals surface area contributed by atoms with Crippen LogP contribution in [-0.2, 0) is 6.54 Å². The fourth-order valence-corrected chi connectivity index (χ4v) is 2.68. The van der Waals surface area contributed by atoms with Gasteiger partial charge in [-0.15, -0.1) is 0 Å². The van der Waals surface area contributed by atoms with E-state index in [-0.39, 0.29) is 17.3 Å². The number of benzene rings is 2. The van der Waals surface area contributed by atoms with Crippen LogP contribution >= 0.6 is 23.2 Å². The zero-order valence-electron chi connectivity index (χ0n) is 14.2. The lowest BCUT2D eigenvalue weighted by Gasteiger charge is -2.11. The monoisotopic (exact) mass is 390 g/mol. The first-order chi connectivity index (χ1) is 12.5. The summed E-state index contributed by atoms with van der Waals surface area (Å²) in [5, 5.41) is 4.92. The summed E-state index contributed by atoms with van der Waals surface area (Å²) in [5.74, 6) is 1.19. The molecule has 3 rings (SSSR count). The highest BCUT2D eigenvalue weighted by molar-refractivity contribution is 6.32. The van der Waals surface area contributed by atoms with Crippen molar-refractivity contribution in [2.45, 2.75) is 13.5 Å². The standard InChI is InChI=1S/C19H16Cl2N2O3/c1-12-9-13(3-8-16(12)20)11-23-19(24)18(17(21)10-22-23)26-15-6-4-14(25-2)5-7-15/h3-10H,11H2,1-2H3. The number of rotatable bonds is 5. The Hall–Kier alpha value is -2.50. The second-order valence-electron chi connectivity index (χ2n) is 5.65. The first kappa shape index (κ1) is 18.3. The SMILES string of the molecule is COc1ccc(Oc2c(Cl)cnn(Cc3ccc(Cl)c(C)c3)c2=O)cc1. The highest BCUT2D eigenvalue weighted by atomic mass is 35.5. The van der Waals surface area contributed by atoms with Gasteiger partial charge in [-0.05, 0) is 48.4 Å². The molecule has 0 bridgehead atoms. The number of hydrogen-bond donors (Lipinski definition) is 0. The topological polar surface area (TPSA) is 53.4 Å². The van der Waals surface area contributed by atoms with Crippen molar-refractivity contribution < 1.29 is 9.47 Å². The fourth-order valence-electron chi connectivity index (χ4n) is 2.40. The molecule has 0 unspecified atom stereocenters. The molecule has 26 heavy (non-hydrogen) atoms. The van der Waals surface area contributed by atoms with E-state index in [2.05, 4.69) is 5.10 Å². The Balaban J connectivity index is 1.90. The first-order valence-electron chi connectivity index (χ1n) is 7.80. The van der Waals surface area contributed by atoms with Gasteiger partial charge in [-0.25, -0.2) is 4.68 Å². The van der Waals surface area contributed by atoms with Crippen molar-refractivity contribution in [3.63, 3.8) is 0 Å². The van der Waals surface area contributed by atoms with Crippen molar-refractivity contribution in [2.75, 3.05) is 7.11 Å². The first-order valence-corrected chi connectivity index (χ1v) is 8.56. The van der Waals surface area contributed by atoms with Gasteiger partial charge >= 0.3 is 5.56 Å². The summed E-state index contributed by atoms with van der Waals surface area (Å²) < 4.78 is 12.1. The zero-order chi connectivity index (χ0) is 18.7. The molecule has 1 heterocycles. The van der Waals surface area contributed by atoms with Gasteiger partial charge in [-0.1, -0.05) is 35.3 Å². The van der Waals surface area contributed by atoms with Crippen LogP contribution in [-0.4, -0.2) is 16.9 Å². The van der Waals surface area contributed by atoms with E-state index in [4.69, 9.17) is 32.7 Å². The summed E-state index contributed by atoms with van der Waals surface area (Å²) in [6.45, 7) is 2.19. The average molecular weight is 391 g/mol. The Morgan fingerprint density at radius 1 is 1.04 bits per heavy atom. The second kappa shape index (κ2) is 7.81. The maximum Gasteiger partial charge on any atom is 0.311 e. The van der Waals surface area contributed by atoms with E-state index in [0.717, 1.165) is 11.1 Å². The summed E-state index contributed by atoms with van der Waals surface area (Å²) in [7, 11) is 1.58. The summed E-state index contributed by atoms with van der Waals surface area (Å²) >= 11 is 12.2. The molecule has 5 nitrogen and oxygen atoms in total. The van der Waals surface area contributed by atoms with Crippen molar-refractivity contribution in [1.82, 2.24) is 9.78 Å². The van der Waals surface area contributed by atoms with Crippen LogP contribution in [0.2, 0.25) is 10.0 Å². The Morgan fingerprint density at radius 3 is 2.38 bits per heavy atom. The summed E-state index contributed by atoms with van der Waals surface area (Å²) in [5.41, 5.74) is 1.42. The minimum Gasteiger partial charge on any atom is -0.497 e. The van der Waals surface area contributed by atoms with Crippen molar-refractivity contribution in [3.05, 3.63) is 80.2 Å². The van der Waals surface area contributed by atoms with E-state index in [9.17, 15) is 4.79 Å². The predicted molar refractivity (Wildman–Crippen MR) is 102 cm³/mol. The lowest BCUT2D eigenvalue weighted by molar-refractivity contribution is 0.412. The zero-order valence-corrected chi connectivity index (χ0v) is 15.7. The molecule has 7 heteroatoms. The van der Waals surface area contributed by atoms with E-state index < -0.39 is 5.56 Å². The van der Waals surface area contributed by atoms with Gasteiger partial charge in [0.1, 0.15) is 16.5 Å². The molecule has 0 aliphatic rings. The molecule has 0 atom stereocenters. The molecule has 0 aliphatic carbocycles. The van der Waals surface area contributed by atoms with Crippen molar-refractivity contribution in [2.24, 2.45) is 0 Å². The van der Waals surface area contributed by atoms with Crippen LogP contribution in [0.3, 0.4) is 0 Å². The number of halogens is 2. The summed E-state index contributed by atoms with van der Waals surface area (Å²) in [6.07, 6.45) is 1.39. The van der Waals surface area contributed by atoms with Gasteiger partial charge in [-0.3, -0.25) is 4.79 Å². The van der Waals surface area contributed by atoms with Crippen molar-refractivity contribution in [3.8, 4) is 17.2 Å². The molecule has 0 saturated carbocycles. The van der Waals surface area contributed by atoms with Gasteiger partial charge in [-0.2, -0.15) is 5.10 Å². The Labute approximate surface area is 160 Å². The van der Waals surface area contributed by atoms with Gasteiger partial charge in [0.25, 0.3) is 0 Å². The maximum atomic E-state index is 12.7. The van der Waals surface area contributed by atoms with Crippen LogP contribution in [0.5, 0.6) is 17.2 Å². The van der Waals surface area contributed by atoms with Crippen molar-refractivity contribution >= 4 is 23.2 Å². The third kappa shape index (κ3) is 4.00. The summed E-state index contributed by atoms with van der Waals surface area (Å²) in [4.78, 5) is 12.7. The van der Waals surface area contributed by atoms with E-state index in [1.165, 1.54) is 10.9 Å². The molecule has 1 aromatic heterocycles. The number of methoxy groups -OCH3 is 1. The Bertz CT molecular complexity index is 985. The molecular weight excluding hydrogens is 375 g/mol. The molecule has 0 N–H and O–H groups in total. The minimum absolute atomic E-state index is 0.0255. The second-order valence-corrected chi connectivity index (χ2v) is 6.46. The molecule has 0 saturated heterocycles. The highest BCUT2D eigenvalue weighted by Gasteiger charge is 2.13. The molecule has 0 amide bonds. The van der Waals surface area contributed by atoms with Gasteiger partial charge in [0.15, 0.2) is 0 Å². The van der Waals surface area contributed by atoms with Crippen LogP contribution < -0.4 is 15.0 Å². The minimum atomic E-state index is -0.416. The predicted octanol–water partition coefficient (Wildman–Crippen LogP) is 4.71. The van der Waals surface area contributed by atoms with Crippen LogP contribution in [0.1, 0.15) is 11.1 Å². The molecule has 0 spiro atoms. The Kier molecular flexibility index (Phi) is 5.49. The van der Waals surface area contributed by atoms with Crippen LogP contribution in [0.25, 0.3) is 0 Å². The number of aromatic nitrogens is 2. The molecule has 0 aliphatic heterocycles. The smallest absolute Gasteiger partial charge is 0.311 e. The molecule has 3 aromatic rings. The van der Waals surface area contributed by atoms with Gasteiger partial charge < -0.3 is 9.47 Å². The maximum absolute atomic E-state index is 12.7. The Morgan fingerprint density at radius 2 is 1.73 bits per heavy atom. The normalized spacial score (nSPS) is 10.6. The molecule has 134 valence electrons. The number of nitrogens with zero attached hydrogens (tertiary/aromatic N) is 2. The van der Waals surface area contributed by atoms with E-state index in [1.807, 2.05) is 19.1 Å². The van der Waals surface area contributed by atoms with Crippen molar-refractivity contribution in [1.29, 1.82) is 0 Å². The fraction of sp³-hybridized carbons (Fsp3) is 0.158. The quantitative estimate of drug-likeness (QED) is 0.632.